The number of piperazine rings is 1. The minimum absolute atomic E-state index is 1.02. The van der Waals surface area contributed by atoms with Gasteiger partial charge in [-0.2, -0.15) is 0 Å². The number of rotatable bonds is 4. The van der Waals surface area contributed by atoms with Gasteiger partial charge in [0.2, 0.25) is 0 Å². The highest BCUT2D eigenvalue weighted by Crippen LogP contribution is 2.12. The zero-order chi connectivity index (χ0) is 11.9. The van der Waals surface area contributed by atoms with Crippen LogP contribution in [0.2, 0.25) is 0 Å². The first-order valence-corrected chi connectivity index (χ1v) is 6.96. The van der Waals surface area contributed by atoms with Gasteiger partial charge in [0.25, 0.3) is 0 Å². The van der Waals surface area contributed by atoms with E-state index in [1.54, 1.807) is 0 Å². The second kappa shape index (κ2) is 6.94. The van der Waals surface area contributed by atoms with Crippen LogP contribution in [-0.2, 0) is 6.42 Å². The van der Waals surface area contributed by atoms with Crippen molar-refractivity contribution in [1.82, 2.24) is 10.2 Å². The fourth-order valence-corrected chi connectivity index (χ4v) is 2.45. The lowest BCUT2D eigenvalue weighted by molar-refractivity contribution is 0.264. The quantitative estimate of drug-likeness (QED) is 0.858. The monoisotopic (exact) mass is 294 g/mol. The molecule has 1 aromatic carbocycles. The normalized spacial score (nSPS) is 17.7. The molecule has 0 spiro atoms. The summed E-state index contributed by atoms with van der Waals surface area (Å²) in [6.07, 6.45) is 5.57. The molecule has 17 heavy (non-hydrogen) atoms. The lowest BCUT2D eigenvalue weighted by Gasteiger charge is -2.25. The van der Waals surface area contributed by atoms with E-state index in [2.05, 4.69) is 62.6 Å². The molecule has 1 fully saturated rings. The van der Waals surface area contributed by atoms with Gasteiger partial charge < -0.3 is 5.32 Å². The molecule has 2 rings (SSSR count). The first-order chi connectivity index (χ1) is 8.34. The Morgan fingerprint density at radius 1 is 1.24 bits per heavy atom. The molecule has 0 aromatic heterocycles. The minimum atomic E-state index is 1.02. The molecule has 1 aliphatic rings. The Bertz CT molecular complexity index is 370. The zero-order valence-electron chi connectivity index (χ0n) is 10.0. The van der Waals surface area contributed by atoms with E-state index in [0.717, 1.165) is 30.5 Å². The lowest BCUT2D eigenvalue weighted by Crippen LogP contribution is -2.43. The third-order valence-corrected chi connectivity index (χ3v) is 3.48. The molecule has 1 aliphatic heterocycles. The highest BCUT2D eigenvalue weighted by molar-refractivity contribution is 9.10. The topological polar surface area (TPSA) is 15.3 Å². The van der Waals surface area contributed by atoms with Crippen molar-refractivity contribution < 1.29 is 0 Å². The molecule has 0 aliphatic carbocycles. The fourth-order valence-electron chi connectivity index (χ4n) is 2.00. The second-order valence-electron chi connectivity index (χ2n) is 4.36. The maximum Gasteiger partial charge on any atom is 0.0178 e. The van der Waals surface area contributed by atoms with E-state index in [1.165, 1.54) is 18.7 Å². The number of hydrogen-bond acceptors (Lipinski definition) is 2. The number of halogens is 1. The molecule has 1 N–H and O–H groups in total. The van der Waals surface area contributed by atoms with Crippen molar-refractivity contribution in [2.24, 2.45) is 0 Å². The smallest absolute Gasteiger partial charge is 0.0178 e. The number of allylic oxidation sites excluding steroid dienone is 1. The van der Waals surface area contributed by atoms with Crippen LogP contribution in [0.4, 0.5) is 0 Å². The van der Waals surface area contributed by atoms with Gasteiger partial charge in [0, 0.05) is 37.2 Å². The average molecular weight is 295 g/mol. The second-order valence-corrected chi connectivity index (χ2v) is 5.27. The molecular weight excluding hydrogens is 276 g/mol. The first-order valence-electron chi connectivity index (χ1n) is 6.17. The summed E-state index contributed by atoms with van der Waals surface area (Å²) in [6, 6.07) is 8.49. The Balaban J connectivity index is 1.73. The van der Waals surface area contributed by atoms with Crippen LogP contribution >= 0.6 is 15.9 Å². The number of nitrogens with zero attached hydrogens (tertiary/aromatic N) is 1. The molecule has 1 saturated heterocycles. The Hall–Kier alpha value is -0.640. The van der Waals surface area contributed by atoms with Crippen LogP contribution in [0.25, 0.3) is 0 Å². The van der Waals surface area contributed by atoms with Crippen LogP contribution in [0.15, 0.2) is 40.9 Å². The summed E-state index contributed by atoms with van der Waals surface area (Å²) in [5.74, 6) is 0. The highest BCUT2D eigenvalue weighted by Gasteiger charge is 2.06. The summed E-state index contributed by atoms with van der Waals surface area (Å²) in [4.78, 5) is 2.48. The van der Waals surface area contributed by atoms with Crippen LogP contribution < -0.4 is 5.32 Å². The van der Waals surface area contributed by atoms with Crippen LogP contribution in [-0.4, -0.2) is 37.6 Å². The van der Waals surface area contributed by atoms with Gasteiger partial charge in [0.05, 0.1) is 0 Å². The van der Waals surface area contributed by atoms with Crippen LogP contribution in [0, 0.1) is 0 Å². The molecule has 2 nitrogen and oxygen atoms in total. The molecule has 0 saturated carbocycles. The van der Waals surface area contributed by atoms with Gasteiger partial charge in [-0.1, -0.05) is 40.2 Å². The van der Waals surface area contributed by atoms with Crippen molar-refractivity contribution >= 4 is 15.9 Å². The third-order valence-electron chi connectivity index (χ3n) is 2.98. The van der Waals surface area contributed by atoms with Gasteiger partial charge in [-0.15, -0.1) is 0 Å². The Kier molecular flexibility index (Phi) is 5.23. The van der Waals surface area contributed by atoms with Crippen LogP contribution in [0.1, 0.15) is 5.56 Å². The summed E-state index contributed by atoms with van der Waals surface area (Å²) < 4.78 is 1.16. The van der Waals surface area contributed by atoms with Crippen molar-refractivity contribution in [1.29, 1.82) is 0 Å². The van der Waals surface area contributed by atoms with Gasteiger partial charge in [-0.25, -0.2) is 0 Å². The average Bonchev–Trinajstić information content (AvgIpc) is 2.36. The Labute approximate surface area is 112 Å². The highest BCUT2D eigenvalue weighted by atomic mass is 79.9. The standard InChI is InChI=1S/C14H19BrN2/c15-14-6-3-5-13(12-14)4-1-2-9-17-10-7-16-8-11-17/h1-3,5-6,12,16H,4,7-11H2/b2-1-. The summed E-state index contributed by atoms with van der Waals surface area (Å²) >= 11 is 3.49. The van der Waals surface area contributed by atoms with Gasteiger partial charge in [0.15, 0.2) is 0 Å². The zero-order valence-corrected chi connectivity index (χ0v) is 11.6. The largest absolute Gasteiger partial charge is 0.314 e. The van der Waals surface area contributed by atoms with E-state index in [0.29, 0.717) is 0 Å². The van der Waals surface area contributed by atoms with Crippen molar-refractivity contribution in [2.75, 3.05) is 32.7 Å². The summed E-state index contributed by atoms with van der Waals surface area (Å²) in [6.45, 7) is 5.66. The molecule has 0 radical (unpaired) electrons. The van der Waals surface area contributed by atoms with Gasteiger partial charge in [-0.05, 0) is 24.1 Å². The number of benzene rings is 1. The van der Waals surface area contributed by atoms with E-state index in [9.17, 15) is 0 Å². The Morgan fingerprint density at radius 3 is 2.82 bits per heavy atom. The summed E-state index contributed by atoms with van der Waals surface area (Å²) in [5, 5.41) is 3.37. The predicted molar refractivity (Wildman–Crippen MR) is 76.3 cm³/mol. The van der Waals surface area contributed by atoms with E-state index in [-0.39, 0.29) is 0 Å². The van der Waals surface area contributed by atoms with Crippen LogP contribution in [0.3, 0.4) is 0 Å². The molecular formula is C14H19BrN2. The SMILES string of the molecule is Brc1cccc(C/C=C\CN2CCNCC2)c1. The van der Waals surface area contributed by atoms with Crippen molar-refractivity contribution in [3.63, 3.8) is 0 Å². The Morgan fingerprint density at radius 2 is 2.06 bits per heavy atom. The molecule has 92 valence electrons. The molecule has 0 bridgehead atoms. The summed E-state index contributed by atoms with van der Waals surface area (Å²) in [5.41, 5.74) is 1.36. The minimum Gasteiger partial charge on any atom is -0.314 e. The van der Waals surface area contributed by atoms with E-state index >= 15 is 0 Å². The molecule has 3 heteroatoms. The lowest BCUT2D eigenvalue weighted by atomic mass is 10.1. The number of hydrogen-bond donors (Lipinski definition) is 1. The van der Waals surface area contributed by atoms with E-state index in [4.69, 9.17) is 0 Å². The van der Waals surface area contributed by atoms with Crippen molar-refractivity contribution in [3.05, 3.63) is 46.5 Å². The van der Waals surface area contributed by atoms with Crippen molar-refractivity contribution in [3.8, 4) is 0 Å². The maximum atomic E-state index is 3.49. The van der Waals surface area contributed by atoms with Crippen molar-refractivity contribution in [2.45, 2.75) is 6.42 Å². The molecule has 1 heterocycles. The third kappa shape index (κ3) is 4.62. The fraction of sp³-hybridized carbons (Fsp3) is 0.429. The molecule has 0 amide bonds. The predicted octanol–water partition coefficient (Wildman–Crippen LogP) is 2.45. The van der Waals surface area contributed by atoms with Gasteiger partial charge in [-0.3, -0.25) is 4.90 Å². The van der Waals surface area contributed by atoms with E-state index < -0.39 is 0 Å². The van der Waals surface area contributed by atoms with E-state index in [1.807, 2.05) is 0 Å². The first kappa shape index (κ1) is 12.8. The van der Waals surface area contributed by atoms with Crippen LogP contribution in [0.5, 0.6) is 0 Å². The molecule has 1 aromatic rings. The number of nitrogens with one attached hydrogen (secondary N) is 1. The molecule has 0 unspecified atom stereocenters. The molecule has 0 atom stereocenters. The van der Waals surface area contributed by atoms with Gasteiger partial charge in [0.1, 0.15) is 0 Å². The maximum absolute atomic E-state index is 3.49. The van der Waals surface area contributed by atoms with Gasteiger partial charge >= 0.3 is 0 Å². The summed E-state index contributed by atoms with van der Waals surface area (Å²) in [7, 11) is 0.